The monoisotopic (exact) mass is 204 g/mol. The van der Waals surface area contributed by atoms with Crippen molar-refractivity contribution >= 4 is 5.82 Å². The Morgan fingerprint density at radius 2 is 2.13 bits per heavy atom. The number of anilines is 1. The predicted octanol–water partition coefficient (Wildman–Crippen LogP) is 0.619. The summed E-state index contributed by atoms with van der Waals surface area (Å²) >= 11 is 0. The van der Waals surface area contributed by atoms with Gasteiger partial charge in [0.1, 0.15) is 11.6 Å². The summed E-state index contributed by atoms with van der Waals surface area (Å²) in [6, 6.07) is 8.47. The van der Waals surface area contributed by atoms with Gasteiger partial charge in [0, 0.05) is 18.7 Å². The number of hydrogen-bond donors (Lipinski definition) is 3. The van der Waals surface area contributed by atoms with Crippen LogP contribution in [0.2, 0.25) is 0 Å². The zero-order valence-corrected chi connectivity index (χ0v) is 8.09. The van der Waals surface area contributed by atoms with Gasteiger partial charge in [-0.3, -0.25) is 0 Å². The van der Waals surface area contributed by atoms with Gasteiger partial charge in [-0.05, 0) is 12.1 Å². The van der Waals surface area contributed by atoms with Crippen LogP contribution in [0.15, 0.2) is 30.3 Å². The third-order valence-electron chi connectivity index (χ3n) is 2.09. The summed E-state index contributed by atoms with van der Waals surface area (Å²) in [7, 11) is 0. The van der Waals surface area contributed by atoms with Crippen LogP contribution in [-0.2, 0) is 6.54 Å². The van der Waals surface area contributed by atoms with Gasteiger partial charge in [-0.1, -0.05) is 6.07 Å². The van der Waals surface area contributed by atoms with E-state index in [0.717, 1.165) is 11.4 Å². The molecule has 0 radical (unpaired) electrons. The molecule has 5 nitrogen and oxygen atoms in total. The van der Waals surface area contributed by atoms with Crippen LogP contribution in [0.5, 0.6) is 5.75 Å². The summed E-state index contributed by atoms with van der Waals surface area (Å²) in [5.41, 5.74) is 12.7. The van der Waals surface area contributed by atoms with Crippen molar-refractivity contribution in [2.75, 3.05) is 5.73 Å². The average molecular weight is 204 g/mol. The molecule has 0 bridgehead atoms. The largest absolute Gasteiger partial charge is 0.508 e. The molecule has 2 aromatic rings. The fourth-order valence-electron chi connectivity index (χ4n) is 1.43. The smallest absolute Gasteiger partial charge is 0.146 e. The Morgan fingerprint density at radius 3 is 2.80 bits per heavy atom. The molecular weight excluding hydrogens is 192 g/mol. The summed E-state index contributed by atoms with van der Waals surface area (Å²) in [6.45, 7) is 0.347. The molecule has 0 unspecified atom stereocenters. The van der Waals surface area contributed by atoms with Gasteiger partial charge in [0.05, 0.1) is 11.4 Å². The number of aromatic nitrogens is 2. The Balaban J connectivity index is 2.53. The molecule has 0 atom stereocenters. The molecule has 1 aromatic carbocycles. The second-order valence-electron chi connectivity index (χ2n) is 3.20. The summed E-state index contributed by atoms with van der Waals surface area (Å²) in [6.07, 6.45) is 0. The molecule has 0 spiro atoms. The number of nitrogen functional groups attached to an aromatic ring is 1. The Morgan fingerprint density at radius 1 is 1.33 bits per heavy atom. The molecule has 0 fully saturated rings. The first-order valence-electron chi connectivity index (χ1n) is 4.54. The second kappa shape index (κ2) is 3.62. The normalized spacial score (nSPS) is 10.5. The fourth-order valence-corrected chi connectivity index (χ4v) is 1.43. The van der Waals surface area contributed by atoms with E-state index in [1.54, 1.807) is 28.9 Å². The van der Waals surface area contributed by atoms with Crippen LogP contribution in [0.25, 0.3) is 5.69 Å². The highest BCUT2D eigenvalue weighted by Gasteiger charge is 2.06. The second-order valence-corrected chi connectivity index (χ2v) is 3.20. The van der Waals surface area contributed by atoms with Gasteiger partial charge in [-0.25, -0.2) is 4.68 Å². The lowest BCUT2D eigenvalue weighted by atomic mass is 10.3. The topological polar surface area (TPSA) is 90.1 Å². The van der Waals surface area contributed by atoms with Crippen molar-refractivity contribution < 1.29 is 5.11 Å². The van der Waals surface area contributed by atoms with Crippen LogP contribution < -0.4 is 11.5 Å². The molecule has 1 heterocycles. The minimum absolute atomic E-state index is 0.185. The number of aromatic hydroxyl groups is 1. The van der Waals surface area contributed by atoms with Gasteiger partial charge in [0.15, 0.2) is 0 Å². The molecule has 0 saturated heterocycles. The van der Waals surface area contributed by atoms with E-state index in [1.165, 1.54) is 0 Å². The SMILES string of the molecule is NCc1cc(N)nn1-c1cccc(O)c1. The zero-order chi connectivity index (χ0) is 10.8. The van der Waals surface area contributed by atoms with Crippen molar-refractivity contribution in [3.8, 4) is 11.4 Å². The lowest BCUT2D eigenvalue weighted by Crippen LogP contribution is -2.06. The Labute approximate surface area is 86.9 Å². The first-order valence-corrected chi connectivity index (χ1v) is 4.54. The molecule has 0 amide bonds. The van der Waals surface area contributed by atoms with Crippen LogP contribution >= 0.6 is 0 Å². The summed E-state index contributed by atoms with van der Waals surface area (Å²) in [5, 5.41) is 13.4. The van der Waals surface area contributed by atoms with Gasteiger partial charge >= 0.3 is 0 Å². The maximum Gasteiger partial charge on any atom is 0.146 e. The summed E-state index contributed by atoms with van der Waals surface area (Å²) < 4.78 is 1.62. The fraction of sp³-hybridized carbons (Fsp3) is 0.100. The van der Waals surface area contributed by atoms with Crippen molar-refractivity contribution in [1.82, 2.24) is 9.78 Å². The van der Waals surface area contributed by atoms with Crippen LogP contribution in [0, 0.1) is 0 Å². The molecule has 5 N–H and O–H groups in total. The third kappa shape index (κ3) is 1.77. The van der Waals surface area contributed by atoms with Crippen LogP contribution in [0.1, 0.15) is 5.69 Å². The van der Waals surface area contributed by atoms with Crippen molar-refractivity contribution in [1.29, 1.82) is 0 Å². The predicted molar refractivity (Wildman–Crippen MR) is 57.5 cm³/mol. The summed E-state index contributed by atoms with van der Waals surface area (Å²) in [5.74, 6) is 0.600. The number of nitrogens with zero attached hydrogens (tertiary/aromatic N) is 2. The van der Waals surface area contributed by atoms with Crippen LogP contribution in [0.4, 0.5) is 5.82 Å². The highest BCUT2D eigenvalue weighted by atomic mass is 16.3. The lowest BCUT2D eigenvalue weighted by Gasteiger charge is -2.05. The van der Waals surface area contributed by atoms with E-state index in [2.05, 4.69) is 5.10 Å². The van der Waals surface area contributed by atoms with E-state index >= 15 is 0 Å². The van der Waals surface area contributed by atoms with Crippen LogP contribution in [-0.4, -0.2) is 14.9 Å². The van der Waals surface area contributed by atoms with Crippen molar-refractivity contribution in [2.45, 2.75) is 6.54 Å². The first-order chi connectivity index (χ1) is 7.20. The number of phenolic OH excluding ortho intramolecular Hbond substituents is 1. The Bertz CT molecular complexity index is 478. The minimum atomic E-state index is 0.185. The van der Waals surface area contributed by atoms with E-state index in [1.807, 2.05) is 6.07 Å². The van der Waals surface area contributed by atoms with E-state index in [9.17, 15) is 5.11 Å². The molecule has 78 valence electrons. The van der Waals surface area contributed by atoms with E-state index in [-0.39, 0.29) is 5.75 Å². The molecule has 2 rings (SSSR count). The van der Waals surface area contributed by atoms with E-state index in [0.29, 0.717) is 12.4 Å². The highest BCUT2D eigenvalue weighted by molar-refractivity contribution is 5.42. The number of rotatable bonds is 2. The van der Waals surface area contributed by atoms with Gasteiger partial charge in [0.2, 0.25) is 0 Å². The maximum atomic E-state index is 9.34. The Hall–Kier alpha value is -2.01. The van der Waals surface area contributed by atoms with E-state index in [4.69, 9.17) is 11.5 Å². The lowest BCUT2D eigenvalue weighted by molar-refractivity contribution is 0.474. The number of benzene rings is 1. The van der Waals surface area contributed by atoms with E-state index < -0.39 is 0 Å². The van der Waals surface area contributed by atoms with Gasteiger partial charge in [0.25, 0.3) is 0 Å². The van der Waals surface area contributed by atoms with Crippen molar-refractivity contribution in [2.24, 2.45) is 5.73 Å². The molecule has 5 heteroatoms. The first kappa shape index (κ1) is 9.54. The average Bonchev–Trinajstić information content (AvgIpc) is 2.59. The van der Waals surface area contributed by atoms with Gasteiger partial charge in [-0.2, -0.15) is 5.10 Å². The number of phenols is 1. The quantitative estimate of drug-likeness (QED) is 0.668. The molecular formula is C10H12N4O. The molecule has 15 heavy (non-hydrogen) atoms. The van der Waals surface area contributed by atoms with Crippen molar-refractivity contribution in [3.63, 3.8) is 0 Å². The Kier molecular flexibility index (Phi) is 2.31. The minimum Gasteiger partial charge on any atom is -0.508 e. The number of hydrogen-bond acceptors (Lipinski definition) is 4. The number of nitrogens with two attached hydrogens (primary N) is 2. The molecule has 0 aliphatic heterocycles. The molecule has 0 aliphatic carbocycles. The van der Waals surface area contributed by atoms with Crippen molar-refractivity contribution in [3.05, 3.63) is 36.0 Å². The highest BCUT2D eigenvalue weighted by Crippen LogP contribution is 2.17. The maximum absolute atomic E-state index is 9.34. The van der Waals surface area contributed by atoms with Gasteiger partial charge in [-0.15, -0.1) is 0 Å². The standard InChI is InChI=1S/C10H12N4O/c11-6-8-5-10(12)13-14(8)7-2-1-3-9(15)4-7/h1-5,15H,6,11H2,(H2,12,13). The van der Waals surface area contributed by atoms with Gasteiger partial charge < -0.3 is 16.6 Å². The molecule has 0 saturated carbocycles. The molecule has 1 aromatic heterocycles. The molecule has 0 aliphatic rings. The van der Waals surface area contributed by atoms with Crippen LogP contribution in [0.3, 0.4) is 0 Å². The zero-order valence-electron chi connectivity index (χ0n) is 8.09. The summed E-state index contributed by atoms with van der Waals surface area (Å²) in [4.78, 5) is 0. The third-order valence-corrected chi connectivity index (χ3v) is 2.09.